The first-order valence-corrected chi connectivity index (χ1v) is 5.68. The lowest BCUT2D eigenvalue weighted by Gasteiger charge is -2.35. The lowest BCUT2D eigenvalue weighted by molar-refractivity contribution is 0.0963. The van der Waals surface area contributed by atoms with E-state index in [1.165, 1.54) is 0 Å². The van der Waals surface area contributed by atoms with E-state index in [1.807, 2.05) is 0 Å². The number of nitrogens with one attached hydrogen (secondary N) is 1. The maximum Gasteiger partial charge on any atom is 0.0667 e. The SMILES string of the molecule is COC(C)CNC(C)(CN)C1CCOC1. The van der Waals surface area contributed by atoms with Gasteiger partial charge in [0.1, 0.15) is 0 Å². The second-order valence-electron chi connectivity index (χ2n) is 4.61. The minimum atomic E-state index is -0.0245. The Bertz CT molecular complexity index is 183. The quantitative estimate of drug-likeness (QED) is 0.673. The van der Waals surface area contributed by atoms with Crippen molar-refractivity contribution in [2.45, 2.75) is 31.9 Å². The fraction of sp³-hybridized carbons (Fsp3) is 1.00. The van der Waals surface area contributed by atoms with E-state index in [2.05, 4.69) is 19.2 Å². The number of rotatable bonds is 6. The van der Waals surface area contributed by atoms with Crippen molar-refractivity contribution in [2.75, 3.05) is 33.4 Å². The van der Waals surface area contributed by atoms with Gasteiger partial charge in [0.05, 0.1) is 12.7 Å². The lowest BCUT2D eigenvalue weighted by atomic mass is 9.85. The van der Waals surface area contributed by atoms with Crippen molar-refractivity contribution in [3.8, 4) is 0 Å². The summed E-state index contributed by atoms with van der Waals surface area (Å²) in [5.41, 5.74) is 5.83. The maximum atomic E-state index is 5.86. The Morgan fingerprint density at radius 3 is 2.87 bits per heavy atom. The Morgan fingerprint density at radius 1 is 1.67 bits per heavy atom. The number of methoxy groups -OCH3 is 1. The van der Waals surface area contributed by atoms with Crippen LogP contribution in [0.1, 0.15) is 20.3 Å². The zero-order valence-electron chi connectivity index (χ0n) is 10.1. The highest BCUT2D eigenvalue weighted by atomic mass is 16.5. The van der Waals surface area contributed by atoms with Crippen LogP contribution in [-0.4, -0.2) is 45.1 Å². The van der Waals surface area contributed by atoms with Crippen LogP contribution in [0.25, 0.3) is 0 Å². The number of ether oxygens (including phenoxy) is 2. The van der Waals surface area contributed by atoms with Crippen LogP contribution in [0.15, 0.2) is 0 Å². The van der Waals surface area contributed by atoms with Gasteiger partial charge in [0.25, 0.3) is 0 Å². The van der Waals surface area contributed by atoms with Crippen LogP contribution in [0.4, 0.5) is 0 Å². The Balaban J connectivity index is 2.44. The summed E-state index contributed by atoms with van der Waals surface area (Å²) >= 11 is 0. The van der Waals surface area contributed by atoms with Gasteiger partial charge in [-0.1, -0.05) is 0 Å². The first-order valence-electron chi connectivity index (χ1n) is 5.68. The summed E-state index contributed by atoms with van der Waals surface area (Å²) in [6.45, 7) is 7.38. The molecule has 15 heavy (non-hydrogen) atoms. The van der Waals surface area contributed by atoms with Crippen molar-refractivity contribution >= 4 is 0 Å². The van der Waals surface area contributed by atoms with Crippen LogP contribution < -0.4 is 11.1 Å². The molecule has 1 fully saturated rings. The monoisotopic (exact) mass is 216 g/mol. The Labute approximate surface area is 92.5 Å². The van der Waals surface area contributed by atoms with Crippen molar-refractivity contribution in [1.29, 1.82) is 0 Å². The maximum absolute atomic E-state index is 5.86. The van der Waals surface area contributed by atoms with Gasteiger partial charge in [-0.3, -0.25) is 0 Å². The summed E-state index contributed by atoms with van der Waals surface area (Å²) in [5.74, 6) is 0.520. The fourth-order valence-corrected chi connectivity index (χ4v) is 1.88. The van der Waals surface area contributed by atoms with E-state index in [0.717, 1.165) is 26.2 Å². The van der Waals surface area contributed by atoms with E-state index in [0.29, 0.717) is 12.5 Å². The van der Waals surface area contributed by atoms with Crippen LogP contribution in [-0.2, 0) is 9.47 Å². The van der Waals surface area contributed by atoms with E-state index in [4.69, 9.17) is 15.2 Å². The molecule has 4 heteroatoms. The molecule has 0 amide bonds. The van der Waals surface area contributed by atoms with Crippen molar-refractivity contribution in [3.63, 3.8) is 0 Å². The molecule has 4 nitrogen and oxygen atoms in total. The summed E-state index contributed by atoms with van der Waals surface area (Å²) in [7, 11) is 1.73. The Morgan fingerprint density at radius 2 is 2.40 bits per heavy atom. The van der Waals surface area contributed by atoms with E-state index >= 15 is 0 Å². The highest BCUT2D eigenvalue weighted by Gasteiger charge is 2.35. The third-order valence-electron chi connectivity index (χ3n) is 3.45. The summed E-state index contributed by atoms with van der Waals surface area (Å²) < 4.78 is 10.6. The molecule has 1 rings (SSSR count). The molecule has 1 heterocycles. The van der Waals surface area contributed by atoms with E-state index in [-0.39, 0.29) is 11.6 Å². The van der Waals surface area contributed by atoms with Gasteiger partial charge >= 0.3 is 0 Å². The second kappa shape index (κ2) is 5.80. The van der Waals surface area contributed by atoms with Gasteiger partial charge in [0.2, 0.25) is 0 Å². The van der Waals surface area contributed by atoms with E-state index in [1.54, 1.807) is 7.11 Å². The largest absolute Gasteiger partial charge is 0.381 e. The summed E-state index contributed by atoms with van der Waals surface area (Å²) in [6, 6.07) is 0. The molecule has 0 radical (unpaired) electrons. The molecule has 3 N–H and O–H groups in total. The van der Waals surface area contributed by atoms with Crippen LogP contribution >= 0.6 is 0 Å². The zero-order chi connectivity index (χ0) is 11.3. The molecule has 0 aromatic heterocycles. The predicted molar refractivity (Wildman–Crippen MR) is 60.9 cm³/mol. The average Bonchev–Trinajstić information content (AvgIpc) is 2.79. The van der Waals surface area contributed by atoms with Gasteiger partial charge in [0, 0.05) is 38.3 Å². The highest BCUT2D eigenvalue weighted by Crippen LogP contribution is 2.25. The van der Waals surface area contributed by atoms with Gasteiger partial charge in [-0.2, -0.15) is 0 Å². The van der Waals surface area contributed by atoms with Crippen molar-refractivity contribution in [2.24, 2.45) is 11.7 Å². The molecule has 0 spiro atoms. The molecule has 1 aliphatic rings. The lowest BCUT2D eigenvalue weighted by Crippen LogP contribution is -2.56. The van der Waals surface area contributed by atoms with Crippen LogP contribution in [0, 0.1) is 5.92 Å². The highest BCUT2D eigenvalue weighted by molar-refractivity contribution is 4.93. The first kappa shape index (κ1) is 12.9. The predicted octanol–water partition coefficient (Wildman–Crippen LogP) is 0.365. The van der Waals surface area contributed by atoms with Gasteiger partial charge in [0.15, 0.2) is 0 Å². The van der Waals surface area contributed by atoms with Gasteiger partial charge < -0.3 is 20.5 Å². The number of nitrogens with two attached hydrogens (primary N) is 1. The fourth-order valence-electron chi connectivity index (χ4n) is 1.88. The van der Waals surface area contributed by atoms with Crippen LogP contribution in [0.2, 0.25) is 0 Å². The normalized spacial score (nSPS) is 27.6. The summed E-state index contributed by atoms with van der Waals surface area (Å²) in [4.78, 5) is 0. The minimum Gasteiger partial charge on any atom is -0.381 e. The Kier molecular flexibility index (Phi) is 4.99. The van der Waals surface area contributed by atoms with E-state index in [9.17, 15) is 0 Å². The molecule has 0 aromatic carbocycles. The molecule has 0 aromatic rings. The number of hydrogen-bond donors (Lipinski definition) is 2. The smallest absolute Gasteiger partial charge is 0.0667 e. The van der Waals surface area contributed by atoms with Crippen molar-refractivity contribution in [1.82, 2.24) is 5.32 Å². The molecular formula is C11H24N2O2. The third-order valence-corrected chi connectivity index (χ3v) is 3.45. The molecular weight excluding hydrogens is 192 g/mol. The summed E-state index contributed by atoms with van der Waals surface area (Å²) in [5, 5.41) is 3.51. The van der Waals surface area contributed by atoms with Gasteiger partial charge in [-0.05, 0) is 20.3 Å². The van der Waals surface area contributed by atoms with Gasteiger partial charge in [-0.25, -0.2) is 0 Å². The molecule has 0 saturated carbocycles. The number of hydrogen-bond acceptors (Lipinski definition) is 4. The molecule has 3 atom stereocenters. The molecule has 1 saturated heterocycles. The third kappa shape index (κ3) is 3.41. The zero-order valence-corrected chi connectivity index (χ0v) is 10.1. The standard InChI is InChI=1S/C11H24N2O2/c1-9(14-3)6-13-11(2,8-12)10-4-5-15-7-10/h9-10,13H,4-8,12H2,1-3H3. The minimum absolute atomic E-state index is 0.0245. The average molecular weight is 216 g/mol. The molecule has 0 bridgehead atoms. The first-order chi connectivity index (χ1) is 7.12. The molecule has 3 unspecified atom stereocenters. The molecule has 1 aliphatic heterocycles. The van der Waals surface area contributed by atoms with Crippen LogP contribution in [0.3, 0.4) is 0 Å². The molecule has 90 valence electrons. The topological polar surface area (TPSA) is 56.5 Å². The van der Waals surface area contributed by atoms with Crippen molar-refractivity contribution < 1.29 is 9.47 Å². The van der Waals surface area contributed by atoms with Crippen LogP contribution in [0.5, 0.6) is 0 Å². The Hall–Kier alpha value is -0.160. The van der Waals surface area contributed by atoms with E-state index < -0.39 is 0 Å². The van der Waals surface area contributed by atoms with Gasteiger partial charge in [-0.15, -0.1) is 0 Å². The summed E-state index contributed by atoms with van der Waals surface area (Å²) in [6.07, 6.45) is 1.32. The molecule has 0 aliphatic carbocycles. The second-order valence-corrected chi connectivity index (χ2v) is 4.61. The van der Waals surface area contributed by atoms with Crippen molar-refractivity contribution in [3.05, 3.63) is 0 Å².